The summed E-state index contributed by atoms with van der Waals surface area (Å²) in [6.07, 6.45) is 1.64. The number of imidazole rings is 1. The van der Waals surface area contributed by atoms with Crippen molar-refractivity contribution in [3.05, 3.63) is 86.1 Å². The summed E-state index contributed by atoms with van der Waals surface area (Å²) >= 11 is 0. The van der Waals surface area contributed by atoms with Gasteiger partial charge in [0.05, 0.1) is 19.9 Å². The maximum Gasteiger partial charge on any atom is 0.332 e. The molecule has 1 N–H and O–H groups in total. The lowest BCUT2D eigenvalue weighted by Crippen LogP contribution is -2.37. The Hall–Kier alpha value is -4.14. The molecule has 9 nitrogen and oxygen atoms in total. The second-order valence-electron chi connectivity index (χ2n) is 7.53. The Morgan fingerprint density at radius 2 is 1.72 bits per heavy atom. The highest BCUT2D eigenvalue weighted by molar-refractivity contribution is 5.80. The Morgan fingerprint density at radius 1 is 1.03 bits per heavy atom. The molecular weight excluding hydrogens is 408 g/mol. The molecule has 0 atom stereocenters. The van der Waals surface area contributed by atoms with Crippen molar-refractivity contribution in [2.75, 3.05) is 12.5 Å². The number of hydrazone groups is 1. The van der Waals surface area contributed by atoms with Gasteiger partial charge in [-0.25, -0.2) is 10.2 Å². The third-order valence-corrected chi connectivity index (χ3v) is 5.30. The minimum absolute atomic E-state index is 0.298. The number of hydrogen-bond donors (Lipinski definition) is 1. The first-order valence-electron chi connectivity index (χ1n) is 10.0. The van der Waals surface area contributed by atoms with Crippen LogP contribution in [0.3, 0.4) is 0 Å². The normalized spacial score (nSPS) is 11.4. The fourth-order valence-electron chi connectivity index (χ4n) is 3.42. The quantitative estimate of drug-likeness (QED) is 0.372. The maximum atomic E-state index is 12.9. The van der Waals surface area contributed by atoms with Gasteiger partial charge < -0.3 is 4.74 Å². The number of rotatable bonds is 6. The van der Waals surface area contributed by atoms with Crippen LogP contribution in [0.1, 0.15) is 16.7 Å². The third-order valence-electron chi connectivity index (χ3n) is 5.30. The monoisotopic (exact) mass is 432 g/mol. The molecule has 0 amide bonds. The van der Waals surface area contributed by atoms with Gasteiger partial charge in [0.25, 0.3) is 5.56 Å². The number of fused-ring (bicyclic) bond motifs is 1. The van der Waals surface area contributed by atoms with Crippen LogP contribution in [0.4, 0.5) is 5.95 Å². The van der Waals surface area contributed by atoms with Gasteiger partial charge in [0.15, 0.2) is 11.2 Å². The molecule has 0 aliphatic heterocycles. The molecule has 4 aromatic rings. The lowest BCUT2D eigenvalue weighted by atomic mass is 10.1. The number of hydrogen-bond acceptors (Lipinski definition) is 6. The second-order valence-corrected chi connectivity index (χ2v) is 7.53. The zero-order valence-corrected chi connectivity index (χ0v) is 18.4. The molecular formula is C23H24N6O3. The summed E-state index contributed by atoms with van der Waals surface area (Å²) in [6, 6.07) is 15.4. The van der Waals surface area contributed by atoms with Crippen LogP contribution >= 0.6 is 0 Å². The van der Waals surface area contributed by atoms with E-state index in [1.165, 1.54) is 11.6 Å². The number of ether oxygens (including phenoxy) is 1. The molecule has 0 radical (unpaired) electrons. The van der Waals surface area contributed by atoms with Gasteiger partial charge in [0.1, 0.15) is 5.75 Å². The molecule has 2 heterocycles. The van der Waals surface area contributed by atoms with Crippen molar-refractivity contribution in [2.45, 2.75) is 13.5 Å². The number of methoxy groups -OCH3 is 1. The molecule has 0 unspecified atom stereocenters. The molecule has 164 valence electrons. The summed E-state index contributed by atoms with van der Waals surface area (Å²) in [5, 5.41) is 4.29. The molecule has 0 saturated carbocycles. The van der Waals surface area contributed by atoms with E-state index in [0.717, 1.165) is 27.0 Å². The number of anilines is 1. The van der Waals surface area contributed by atoms with Gasteiger partial charge in [-0.1, -0.05) is 29.8 Å². The van der Waals surface area contributed by atoms with Gasteiger partial charge in [0.2, 0.25) is 5.95 Å². The van der Waals surface area contributed by atoms with E-state index in [0.29, 0.717) is 23.7 Å². The lowest BCUT2D eigenvalue weighted by Gasteiger charge is -2.09. The van der Waals surface area contributed by atoms with E-state index in [1.807, 2.05) is 55.5 Å². The molecule has 0 spiro atoms. The molecule has 0 aliphatic rings. The van der Waals surface area contributed by atoms with Crippen LogP contribution in [-0.4, -0.2) is 32.0 Å². The summed E-state index contributed by atoms with van der Waals surface area (Å²) < 4.78 is 9.35. The molecule has 32 heavy (non-hydrogen) atoms. The summed E-state index contributed by atoms with van der Waals surface area (Å²) in [7, 11) is 4.67. The predicted molar refractivity (Wildman–Crippen MR) is 125 cm³/mol. The van der Waals surface area contributed by atoms with E-state index in [1.54, 1.807) is 24.9 Å². The fraction of sp³-hybridized carbons (Fsp3) is 0.217. The number of benzene rings is 2. The van der Waals surface area contributed by atoms with E-state index >= 15 is 0 Å². The standard InChI is InChI=1S/C23H24N6O3/c1-15-5-7-17(8-6-15)14-29-19-20(27(2)23(31)28(3)21(19)30)25-22(29)26-24-13-16-9-11-18(32-4)12-10-16/h5-13H,14H2,1-4H3,(H,25,26)/b24-13+. The van der Waals surface area contributed by atoms with Crippen LogP contribution in [0.2, 0.25) is 0 Å². The Labute approximate surface area is 184 Å². The summed E-state index contributed by atoms with van der Waals surface area (Å²) in [4.78, 5) is 29.8. The first kappa shape index (κ1) is 21.1. The molecule has 2 aromatic heterocycles. The number of nitrogens with one attached hydrogen (secondary N) is 1. The Balaban J connectivity index is 1.77. The molecule has 0 saturated heterocycles. The van der Waals surface area contributed by atoms with Gasteiger partial charge >= 0.3 is 5.69 Å². The zero-order valence-electron chi connectivity index (χ0n) is 18.4. The first-order valence-corrected chi connectivity index (χ1v) is 10.0. The van der Waals surface area contributed by atoms with Crippen LogP contribution in [0.25, 0.3) is 11.2 Å². The Bertz CT molecular complexity index is 1410. The van der Waals surface area contributed by atoms with Crippen LogP contribution in [0.15, 0.2) is 63.2 Å². The predicted octanol–water partition coefficient (Wildman–Crippen LogP) is 2.25. The molecule has 2 aromatic carbocycles. The van der Waals surface area contributed by atoms with Crippen LogP contribution in [0.5, 0.6) is 5.75 Å². The third kappa shape index (κ3) is 3.92. The molecule has 0 aliphatic carbocycles. The van der Waals surface area contributed by atoms with E-state index in [2.05, 4.69) is 15.5 Å². The average Bonchev–Trinajstić information content (AvgIpc) is 3.16. The van der Waals surface area contributed by atoms with Crippen molar-refractivity contribution >= 4 is 23.3 Å². The van der Waals surface area contributed by atoms with Gasteiger partial charge in [-0.15, -0.1) is 0 Å². The topological polar surface area (TPSA) is 95.4 Å². The van der Waals surface area contributed by atoms with Gasteiger partial charge in [-0.2, -0.15) is 10.1 Å². The number of nitrogens with zero attached hydrogens (tertiary/aromatic N) is 5. The molecule has 0 bridgehead atoms. The van der Waals surface area contributed by atoms with Crippen molar-refractivity contribution < 1.29 is 4.74 Å². The fourth-order valence-corrected chi connectivity index (χ4v) is 3.42. The zero-order chi connectivity index (χ0) is 22.8. The van der Waals surface area contributed by atoms with E-state index in [4.69, 9.17) is 4.74 Å². The first-order chi connectivity index (χ1) is 15.4. The molecule has 4 rings (SSSR count). The molecule has 9 heteroatoms. The number of aryl methyl sites for hydroxylation is 2. The van der Waals surface area contributed by atoms with Crippen LogP contribution < -0.4 is 21.4 Å². The van der Waals surface area contributed by atoms with Gasteiger partial charge in [-0.05, 0) is 42.3 Å². The average molecular weight is 432 g/mol. The Kier molecular flexibility index (Phi) is 5.63. The van der Waals surface area contributed by atoms with E-state index in [9.17, 15) is 9.59 Å². The second kappa shape index (κ2) is 8.54. The van der Waals surface area contributed by atoms with Gasteiger partial charge in [0, 0.05) is 14.1 Å². The highest BCUT2D eigenvalue weighted by Gasteiger charge is 2.19. The summed E-state index contributed by atoms with van der Waals surface area (Å²) in [5.41, 5.74) is 5.72. The largest absolute Gasteiger partial charge is 0.497 e. The van der Waals surface area contributed by atoms with Crippen molar-refractivity contribution in [3.8, 4) is 5.75 Å². The van der Waals surface area contributed by atoms with Crippen molar-refractivity contribution in [1.82, 2.24) is 18.7 Å². The summed E-state index contributed by atoms with van der Waals surface area (Å²) in [6.45, 7) is 2.41. The van der Waals surface area contributed by atoms with Crippen molar-refractivity contribution in [1.29, 1.82) is 0 Å². The maximum absolute atomic E-state index is 12.9. The highest BCUT2D eigenvalue weighted by atomic mass is 16.5. The van der Waals surface area contributed by atoms with Crippen molar-refractivity contribution in [2.24, 2.45) is 19.2 Å². The molecule has 0 fully saturated rings. The smallest absolute Gasteiger partial charge is 0.332 e. The van der Waals surface area contributed by atoms with Gasteiger partial charge in [-0.3, -0.25) is 18.5 Å². The SMILES string of the molecule is COc1ccc(/C=N/Nc2nc3c(c(=O)n(C)c(=O)n3C)n2Cc2ccc(C)cc2)cc1. The van der Waals surface area contributed by atoms with Crippen LogP contribution in [0, 0.1) is 6.92 Å². The van der Waals surface area contributed by atoms with Crippen LogP contribution in [-0.2, 0) is 20.6 Å². The minimum atomic E-state index is -0.434. The van der Waals surface area contributed by atoms with E-state index < -0.39 is 11.2 Å². The number of aromatic nitrogens is 4. The highest BCUT2D eigenvalue weighted by Crippen LogP contribution is 2.18. The van der Waals surface area contributed by atoms with Crippen molar-refractivity contribution in [3.63, 3.8) is 0 Å². The Morgan fingerprint density at radius 3 is 2.38 bits per heavy atom. The summed E-state index contributed by atoms with van der Waals surface area (Å²) in [5.74, 6) is 1.12. The minimum Gasteiger partial charge on any atom is -0.497 e. The van der Waals surface area contributed by atoms with E-state index in [-0.39, 0.29) is 0 Å². The lowest BCUT2D eigenvalue weighted by molar-refractivity contribution is 0.415.